The summed E-state index contributed by atoms with van der Waals surface area (Å²) >= 11 is 0. The zero-order valence-electron chi connectivity index (χ0n) is 44.8. The first-order valence-corrected chi connectivity index (χ1v) is 28.2. The zero-order valence-corrected chi connectivity index (χ0v) is 44.8. The summed E-state index contributed by atoms with van der Waals surface area (Å²) in [5, 5.41) is 0. The second-order valence-electron chi connectivity index (χ2n) is 20.6. The Bertz CT molecular complexity index is 1190. The average molecular weight is 922 g/mol. The molecule has 382 valence electrons. The highest BCUT2D eigenvalue weighted by atomic mass is 16.5. The molecule has 0 saturated heterocycles. The van der Waals surface area contributed by atoms with Crippen LogP contribution in [-0.4, -0.2) is 57.3 Å². The van der Waals surface area contributed by atoms with Crippen molar-refractivity contribution < 1.29 is 23.5 Å². The Morgan fingerprint density at radius 3 is 0.939 bits per heavy atom. The minimum Gasteiger partial charge on any atom is -0.465 e. The van der Waals surface area contributed by atoms with Crippen LogP contribution in [0.3, 0.4) is 0 Å². The van der Waals surface area contributed by atoms with Crippen molar-refractivity contribution >= 4 is 11.9 Å². The molecule has 0 aromatic rings. The van der Waals surface area contributed by atoms with Gasteiger partial charge in [-0.1, -0.05) is 203 Å². The maximum atomic E-state index is 13.2. The first-order valence-electron chi connectivity index (χ1n) is 28.2. The lowest BCUT2D eigenvalue weighted by Crippen LogP contribution is -2.50. The molecule has 0 heterocycles. The van der Waals surface area contributed by atoms with Gasteiger partial charge in [0, 0.05) is 12.8 Å². The van der Waals surface area contributed by atoms with E-state index in [1.807, 2.05) is 0 Å². The normalized spacial score (nSPS) is 12.8. The number of carbonyl (C=O) groups excluding carboxylic acids is 2. The van der Waals surface area contributed by atoms with Crippen LogP contribution in [0.4, 0.5) is 0 Å². The number of allylic oxidation sites excluding steroid dienone is 12. The van der Waals surface area contributed by atoms with Crippen LogP contribution in [0, 0.1) is 5.41 Å². The number of nitrogens with zero attached hydrogens (tertiary/aromatic N) is 1. The number of esters is 2. The molecule has 0 aliphatic heterocycles. The van der Waals surface area contributed by atoms with Crippen molar-refractivity contribution in [1.29, 1.82) is 0 Å². The average Bonchev–Trinajstić information content (AvgIpc) is 3.29. The Morgan fingerprint density at radius 2 is 0.636 bits per heavy atom. The van der Waals surface area contributed by atoms with Gasteiger partial charge in [0.15, 0.2) is 0 Å². The summed E-state index contributed by atoms with van der Waals surface area (Å²) in [6.45, 7) is 8.19. The monoisotopic (exact) mass is 921 g/mol. The number of hydrogen-bond donors (Lipinski definition) is 0. The topological polar surface area (TPSA) is 52.6 Å². The minimum atomic E-state index is -0.393. The van der Waals surface area contributed by atoms with Crippen LogP contribution in [0.2, 0.25) is 0 Å². The summed E-state index contributed by atoms with van der Waals surface area (Å²) in [4.78, 5) is 26.3. The SMILES string of the molecule is CCCCCC=CCC=CCCCCCCCCC(COC(=O)CCCCCCC/C=C\C/C=C\CCCCC)(COC(=O)CCCCCCC/C=C\C/C=C\CCCCC)C[N+](C)(C)C. The number of rotatable bonds is 49. The molecule has 5 nitrogen and oxygen atoms in total. The fraction of sp³-hybridized carbons (Fsp3) is 0.770. The number of quaternary nitrogens is 1. The Labute approximate surface area is 411 Å². The van der Waals surface area contributed by atoms with Gasteiger partial charge < -0.3 is 14.0 Å². The van der Waals surface area contributed by atoms with Crippen LogP contribution in [0.5, 0.6) is 0 Å². The second kappa shape index (κ2) is 48.8. The van der Waals surface area contributed by atoms with E-state index in [9.17, 15) is 9.59 Å². The number of unbranched alkanes of at least 4 members (excludes halogenated alkanes) is 25. The van der Waals surface area contributed by atoms with Crippen molar-refractivity contribution in [1.82, 2.24) is 0 Å². The molecule has 0 spiro atoms. The van der Waals surface area contributed by atoms with E-state index in [4.69, 9.17) is 9.47 Å². The third kappa shape index (κ3) is 47.8. The van der Waals surface area contributed by atoms with Crippen molar-refractivity contribution in [2.75, 3.05) is 40.9 Å². The molecule has 0 aliphatic carbocycles. The van der Waals surface area contributed by atoms with Crippen molar-refractivity contribution in [2.24, 2.45) is 5.41 Å². The molecule has 0 atom stereocenters. The van der Waals surface area contributed by atoms with E-state index in [1.54, 1.807) is 0 Å². The molecule has 5 heteroatoms. The highest BCUT2D eigenvalue weighted by Crippen LogP contribution is 2.30. The van der Waals surface area contributed by atoms with Crippen LogP contribution in [0.25, 0.3) is 0 Å². The van der Waals surface area contributed by atoms with E-state index in [-0.39, 0.29) is 11.9 Å². The summed E-state index contributed by atoms with van der Waals surface area (Å²) in [6, 6.07) is 0. The molecule has 0 aromatic heterocycles. The number of ether oxygens (including phenoxy) is 2. The van der Waals surface area contributed by atoms with E-state index in [1.165, 1.54) is 128 Å². The third-order valence-electron chi connectivity index (χ3n) is 12.5. The smallest absolute Gasteiger partial charge is 0.305 e. The molecule has 0 amide bonds. The van der Waals surface area contributed by atoms with Crippen molar-refractivity contribution in [3.05, 3.63) is 72.9 Å². The molecule has 0 radical (unpaired) electrons. The third-order valence-corrected chi connectivity index (χ3v) is 12.5. The predicted octanol–water partition coefficient (Wildman–Crippen LogP) is 18.6. The van der Waals surface area contributed by atoms with Gasteiger partial charge in [-0.2, -0.15) is 0 Å². The van der Waals surface area contributed by atoms with Gasteiger partial charge in [0.25, 0.3) is 0 Å². The molecule has 0 fully saturated rings. The Kier molecular flexibility index (Phi) is 46.8. The van der Waals surface area contributed by atoms with Crippen LogP contribution in [0.1, 0.15) is 258 Å². The Hall–Kier alpha value is -2.66. The molecule has 0 aliphatic rings. The van der Waals surface area contributed by atoms with E-state index in [0.717, 1.165) is 107 Å². The molecule has 0 bridgehead atoms. The first kappa shape index (κ1) is 63.3. The molecule has 0 aromatic carbocycles. The fourth-order valence-corrected chi connectivity index (χ4v) is 8.62. The van der Waals surface area contributed by atoms with Crippen LogP contribution < -0.4 is 0 Å². The maximum absolute atomic E-state index is 13.2. The molecule has 0 saturated carbocycles. The van der Waals surface area contributed by atoms with Crippen LogP contribution >= 0.6 is 0 Å². The van der Waals surface area contributed by atoms with Gasteiger partial charge in [-0.05, 0) is 116 Å². The summed E-state index contributed by atoms with van der Waals surface area (Å²) in [7, 11) is 6.59. The van der Waals surface area contributed by atoms with Gasteiger partial charge in [0.1, 0.15) is 13.2 Å². The Balaban J connectivity index is 4.91. The van der Waals surface area contributed by atoms with Crippen molar-refractivity contribution in [3.63, 3.8) is 0 Å². The summed E-state index contributed by atoms with van der Waals surface area (Å²) in [6.07, 6.45) is 69.7. The lowest BCUT2D eigenvalue weighted by molar-refractivity contribution is -0.877. The van der Waals surface area contributed by atoms with Gasteiger partial charge in [-0.25, -0.2) is 0 Å². The van der Waals surface area contributed by atoms with Gasteiger partial charge >= 0.3 is 11.9 Å². The lowest BCUT2D eigenvalue weighted by atomic mass is 9.82. The quantitative estimate of drug-likeness (QED) is 0.0264. The van der Waals surface area contributed by atoms with Gasteiger partial charge in [0.2, 0.25) is 0 Å². The summed E-state index contributed by atoms with van der Waals surface area (Å²) < 4.78 is 12.9. The highest BCUT2D eigenvalue weighted by molar-refractivity contribution is 5.69. The van der Waals surface area contributed by atoms with Crippen LogP contribution in [0.15, 0.2) is 72.9 Å². The van der Waals surface area contributed by atoms with Crippen molar-refractivity contribution in [2.45, 2.75) is 258 Å². The fourth-order valence-electron chi connectivity index (χ4n) is 8.62. The van der Waals surface area contributed by atoms with Gasteiger partial charge in [-0.3, -0.25) is 9.59 Å². The lowest BCUT2D eigenvalue weighted by Gasteiger charge is -2.38. The van der Waals surface area contributed by atoms with E-state index in [0.29, 0.717) is 26.1 Å². The molecule has 66 heavy (non-hydrogen) atoms. The summed E-state index contributed by atoms with van der Waals surface area (Å²) in [5.41, 5.74) is -0.393. The number of carbonyl (C=O) groups is 2. The van der Waals surface area contributed by atoms with E-state index in [2.05, 4.69) is 115 Å². The Morgan fingerprint density at radius 1 is 0.364 bits per heavy atom. The van der Waals surface area contributed by atoms with Crippen molar-refractivity contribution in [3.8, 4) is 0 Å². The van der Waals surface area contributed by atoms with Crippen LogP contribution in [-0.2, 0) is 19.1 Å². The second-order valence-corrected chi connectivity index (χ2v) is 20.6. The molecular formula is C61H110NO4+. The molecule has 0 unspecified atom stereocenters. The maximum Gasteiger partial charge on any atom is 0.305 e. The van der Waals surface area contributed by atoms with E-state index >= 15 is 0 Å². The first-order chi connectivity index (χ1) is 32.2. The molecule has 0 N–H and O–H groups in total. The molecule has 0 rings (SSSR count). The summed E-state index contributed by atoms with van der Waals surface area (Å²) in [5.74, 6) is -0.222. The predicted molar refractivity (Wildman–Crippen MR) is 290 cm³/mol. The minimum absolute atomic E-state index is 0.111. The van der Waals surface area contributed by atoms with Gasteiger partial charge in [-0.15, -0.1) is 0 Å². The number of hydrogen-bond acceptors (Lipinski definition) is 4. The largest absolute Gasteiger partial charge is 0.465 e. The highest BCUT2D eigenvalue weighted by Gasteiger charge is 2.39. The van der Waals surface area contributed by atoms with Gasteiger partial charge in [0.05, 0.1) is 33.1 Å². The van der Waals surface area contributed by atoms with E-state index < -0.39 is 5.41 Å². The standard InChI is InChI=1S/C61H110NO4/c1-7-10-13-16-19-22-25-28-31-34-37-40-43-46-49-52-55-61(56-62(4,5)6,57-65-59(63)53-50-47-44-41-38-35-32-29-26-23-20-17-14-11-8-2)58-66-60(64)54-51-48-45-42-39-36-33-30-27-24-21-18-15-12-9-3/h19-24,28-33H,7-18,25-27,34-58H2,1-6H3/q+1/b22-19?,23-20-,24-21-,31-28?,32-29-,33-30-. The molecular weight excluding hydrogens is 811 g/mol. The zero-order chi connectivity index (χ0) is 48.3.